The molecule has 91 valence electrons. The standard InChI is InChI=1S/C13H22NO2/c1-9(2)11(15)10-7-12(3,4)14(16)13(5,6)8-10/h10H,1,7-8H2,2-6H3. The highest BCUT2D eigenvalue weighted by Crippen LogP contribution is 2.41. The molecule has 1 saturated heterocycles. The van der Waals surface area contributed by atoms with Gasteiger partial charge in [-0.1, -0.05) is 6.58 Å². The van der Waals surface area contributed by atoms with Crippen molar-refractivity contribution in [3.63, 3.8) is 0 Å². The van der Waals surface area contributed by atoms with E-state index < -0.39 is 11.1 Å². The van der Waals surface area contributed by atoms with Crippen LogP contribution in [0.2, 0.25) is 0 Å². The van der Waals surface area contributed by atoms with E-state index in [1.807, 2.05) is 27.7 Å². The summed E-state index contributed by atoms with van der Waals surface area (Å²) in [4.78, 5) is 12.0. The van der Waals surface area contributed by atoms with Crippen LogP contribution in [-0.2, 0) is 10.0 Å². The SMILES string of the molecule is C=C(C)C(=O)C1CC(C)(C)N([O])C(C)(C)C1. The highest BCUT2D eigenvalue weighted by atomic mass is 16.5. The first-order valence-electron chi connectivity index (χ1n) is 5.75. The molecule has 1 aliphatic rings. The molecule has 0 saturated carbocycles. The summed E-state index contributed by atoms with van der Waals surface area (Å²) < 4.78 is 0. The van der Waals surface area contributed by atoms with Crippen molar-refractivity contribution in [2.75, 3.05) is 0 Å². The Kier molecular flexibility index (Phi) is 3.32. The van der Waals surface area contributed by atoms with Crippen LogP contribution in [0.15, 0.2) is 12.2 Å². The fourth-order valence-corrected chi connectivity index (χ4v) is 2.80. The van der Waals surface area contributed by atoms with Gasteiger partial charge in [0.2, 0.25) is 0 Å². The van der Waals surface area contributed by atoms with Gasteiger partial charge in [0.25, 0.3) is 0 Å². The Morgan fingerprint density at radius 2 is 1.56 bits per heavy atom. The lowest BCUT2D eigenvalue weighted by molar-refractivity contribution is -0.292. The second-order valence-electron chi connectivity index (χ2n) is 6.17. The second-order valence-corrected chi connectivity index (χ2v) is 6.17. The van der Waals surface area contributed by atoms with Crippen LogP contribution in [0.25, 0.3) is 0 Å². The number of ketones is 1. The Balaban J connectivity index is 2.95. The lowest BCUT2D eigenvalue weighted by atomic mass is 9.73. The molecule has 0 N–H and O–H groups in total. The van der Waals surface area contributed by atoms with Crippen molar-refractivity contribution >= 4 is 5.78 Å². The summed E-state index contributed by atoms with van der Waals surface area (Å²) in [5, 5.41) is 13.2. The molecule has 3 heteroatoms. The van der Waals surface area contributed by atoms with Crippen LogP contribution >= 0.6 is 0 Å². The fraction of sp³-hybridized carbons (Fsp3) is 0.769. The molecule has 0 unspecified atom stereocenters. The number of piperidine rings is 1. The van der Waals surface area contributed by atoms with Crippen molar-refractivity contribution < 1.29 is 10.0 Å². The van der Waals surface area contributed by atoms with Gasteiger partial charge >= 0.3 is 0 Å². The fourth-order valence-electron chi connectivity index (χ4n) is 2.80. The zero-order valence-corrected chi connectivity index (χ0v) is 11.0. The second kappa shape index (κ2) is 3.97. The monoisotopic (exact) mass is 224 g/mol. The Morgan fingerprint density at radius 1 is 1.19 bits per heavy atom. The van der Waals surface area contributed by atoms with Crippen molar-refractivity contribution in [2.24, 2.45) is 5.92 Å². The average Bonchev–Trinajstić information content (AvgIpc) is 2.11. The summed E-state index contributed by atoms with van der Waals surface area (Å²) >= 11 is 0. The molecule has 0 aromatic rings. The number of carbonyl (C=O) groups is 1. The smallest absolute Gasteiger partial charge is 0.161 e. The van der Waals surface area contributed by atoms with Gasteiger partial charge in [0, 0.05) is 17.0 Å². The first kappa shape index (κ1) is 13.4. The van der Waals surface area contributed by atoms with Crippen LogP contribution in [0.5, 0.6) is 0 Å². The summed E-state index contributed by atoms with van der Waals surface area (Å²) in [5.74, 6) is 0.0435. The van der Waals surface area contributed by atoms with E-state index in [4.69, 9.17) is 0 Å². The molecular weight excluding hydrogens is 202 g/mol. The third-order valence-corrected chi connectivity index (χ3v) is 3.38. The lowest BCUT2D eigenvalue weighted by Gasteiger charge is -2.49. The molecule has 1 radical (unpaired) electrons. The average molecular weight is 224 g/mol. The normalized spacial score (nSPS) is 25.4. The maximum atomic E-state index is 12.1. The van der Waals surface area contributed by atoms with E-state index in [0.29, 0.717) is 18.4 Å². The molecule has 0 bridgehead atoms. The minimum Gasteiger partial charge on any atom is -0.294 e. The van der Waals surface area contributed by atoms with Gasteiger partial charge in [0.05, 0.1) is 0 Å². The van der Waals surface area contributed by atoms with Crippen LogP contribution < -0.4 is 0 Å². The molecule has 3 nitrogen and oxygen atoms in total. The molecule has 0 atom stereocenters. The van der Waals surface area contributed by atoms with E-state index in [0.717, 1.165) is 5.06 Å². The van der Waals surface area contributed by atoms with Gasteiger partial charge in [-0.25, -0.2) is 0 Å². The summed E-state index contributed by atoms with van der Waals surface area (Å²) in [5.41, 5.74) is -0.356. The van der Waals surface area contributed by atoms with E-state index in [1.165, 1.54) is 0 Å². The van der Waals surface area contributed by atoms with Gasteiger partial charge in [0.1, 0.15) is 0 Å². The molecule has 0 aromatic carbocycles. The number of allylic oxidation sites excluding steroid dienone is 1. The predicted molar refractivity (Wildman–Crippen MR) is 63.2 cm³/mol. The first-order valence-corrected chi connectivity index (χ1v) is 5.75. The van der Waals surface area contributed by atoms with E-state index in [9.17, 15) is 10.0 Å². The Labute approximate surface area is 98.1 Å². The predicted octanol–water partition coefficient (Wildman–Crippen LogP) is 2.75. The Bertz CT molecular complexity index is 300. The number of rotatable bonds is 2. The third-order valence-electron chi connectivity index (χ3n) is 3.38. The highest BCUT2D eigenvalue weighted by Gasteiger charge is 2.47. The molecule has 1 fully saturated rings. The number of carbonyl (C=O) groups excluding carboxylic acids is 1. The van der Waals surface area contributed by atoms with E-state index >= 15 is 0 Å². The quantitative estimate of drug-likeness (QED) is 0.677. The van der Waals surface area contributed by atoms with Gasteiger partial charge in [-0.2, -0.15) is 0 Å². The van der Waals surface area contributed by atoms with Crippen LogP contribution in [0.4, 0.5) is 0 Å². The number of hydrogen-bond acceptors (Lipinski definition) is 2. The molecule has 0 aromatic heterocycles. The molecule has 16 heavy (non-hydrogen) atoms. The third kappa shape index (κ3) is 2.36. The van der Waals surface area contributed by atoms with E-state index in [1.54, 1.807) is 6.92 Å². The molecule has 0 spiro atoms. The largest absolute Gasteiger partial charge is 0.294 e. The minimum atomic E-state index is -0.475. The maximum absolute atomic E-state index is 12.1. The number of nitrogens with zero attached hydrogens (tertiary/aromatic N) is 1. The van der Waals surface area contributed by atoms with E-state index in [2.05, 4.69) is 6.58 Å². The molecule has 1 aliphatic heterocycles. The summed E-state index contributed by atoms with van der Waals surface area (Å²) in [6.45, 7) is 13.1. The zero-order chi connectivity index (χ0) is 12.7. The van der Waals surface area contributed by atoms with Gasteiger partial charge in [-0.15, -0.1) is 10.3 Å². The molecule has 0 aliphatic carbocycles. The van der Waals surface area contributed by atoms with Crippen LogP contribution in [0.3, 0.4) is 0 Å². The minimum absolute atomic E-state index is 0.0623. The van der Waals surface area contributed by atoms with Crippen molar-refractivity contribution in [3.8, 4) is 0 Å². The summed E-state index contributed by atoms with van der Waals surface area (Å²) in [6, 6.07) is 0. The van der Waals surface area contributed by atoms with Crippen LogP contribution in [0.1, 0.15) is 47.5 Å². The van der Waals surface area contributed by atoms with Crippen molar-refractivity contribution in [1.82, 2.24) is 5.06 Å². The van der Waals surface area contributed by atoms with Crippen LogP contribution in [0, 0.1) is 5.92 Å². The Morgan fingerprint density at radius 3 is 1.88 bits per heavy atom. The maximum Gasteiger partial charge on any atom is 0.161 e. The number of hydrogen-bond donors (Lipinski definition) is 0. The van der Waals surface area contributed by atoms with Gasteiger partial charge in [0.15, 0.2) is 5.78 Å². The zero-order valence-electron chi connectivity index (χ0n) is 11.0. The molecule has 1 heterocycles. The highest BCUT2D eigenvalue weighted by molar-refractivity contribution is 5.96. The van der Waals surface area contributed by atoms with Crippen molar-refractivity contribution in [2.45, 2.75) is 58.5 Å². The summed E-state index contributed by atoms with van der Waals surface area (Å²) in [6.07, 6.45) is 1.23. The van der Waals surface area contributed by atoms with Crippen LogP contribution in [-0.4, -0.2) is 21.9 Å². The lowest BCUT2D eigenvalue weighted by Crippen LogP contribution is -2.59. The molecular formula is C13H22NO2. The molecule has 1 rings (SSSR count). The molecule has 0 amide bonds. The van der Waals surface area contributed by atoms with E-state index in [-0.39, 0.29) is 11.7 Å². The van der Waals surface area contributed by atoms with Crippen molar-refractivity contribution in [3.05, 3.63) is 12.2 Å². The van der Waals surface area contributed by atoms with Gasteiger partial charge in [-0.05, 0) is 53.0 Å². The summed E-state index contributed by atoms with van der Waals surface area (Å²) in [7, 11) is 0. The van der Waals surface area contributed by atoms with Gasteiger partial charge in [-0.3, -0.25) is 4.79 Å². The first-order chi connectivity index (χ1) is 7.08. The van der Waals surface area contributed by atoms with Gasteiger partial charge < -0.3 is 0 Å². The number of hydroxylamine groups is 2. The number of Topliss-reactive ketones (excluding diaryl/α,β-unsaturated/α-hetero) is 1. The Hall–Kier alpha value is -0.670. The van der Waals surface area contributed by atoms with Crippen molar-refractivity contribution in [1.29, 1.82) is 0 Å². The topological polar surface area (TPSA) is 40.2 Å².